The molecule has 0 aromatic heterocycles. The van der Waals surface area contributed by atoms with E-state index in [0.29, 0.717) is 6.67 Å². The average molecular weight is 209 g/mol. The summed E-state index contributed by atoms with van der Waals surface area (Å²) in [5, 5.41) is 0. The van der Waals surface area contributed by atoms with E-state index in [1.165, 1.54) is 0 Å². The minimum Gasteiger partial charge on any atom is -0.491 e. The molecule has 4 nitrogen and oxygen atoms in total. The molecule has 0 bridgehead atoms. The molecule has 1 rings (SSSR count). The van der Waals surface area contributed by atoms with E-state index in [0.717, 1.165) is 11.4 Å². The number of benzene rings is 1. The van der Waals surface area contributed by atoms with Crippen LogP contribution in [0.2, 0.25) is 0 Å². The quantitative estimate of drug-likeness (QED) is 0.436. The molecule has 0 heterocycles. The highest BCUT2D eigenvalue weighted by Crippen LogP contribution is 2.18. The van der Waals surface area contributed by atoms with Gasteiger partial charge in [-0.2, -0.15) is 0 Å². The molecule has 1 aromatic rings. The summed E-state index contributed by atoms with van der Waals surface area (Å²) in [6.07, 6.45) is 0.208. The topological polar surface area (TPSA) is 50.5 Å². The van der Waals surface area contributed by atoms with Crippen molar-refractivity contribution in [2.45, 2.75) is 20.0 Å². The maximum atomic E-state index is 5.55. The largest absolute Gasteiger partial charge is 0.491 e. The third-order valence-corrected chi connectivity index (χ3v) is 1.98. The second-order valence-corrected chi connectivity index (χ2v) is 3.72. The number of hydrogen-bond acceptors (Lipinski definition) is 4. The van der Waals surface area contributed by atoms with Crippen molar-refractivity contribution in [3.05, 3.63) is 24.3 Å². The highest BCUT2D eigenvalue weighted by molar-refractivity contribution is 5.48. The fourth-order valence-corrected chi connectivity index (χ4v) is 1.28. The predicted molar refractivity (Wildman–Crippen MR) is 62.8 cm³/mol. The van der Waals surface area contributed by atoms with Crippen LogP contribution in [0.3, 0.4) is 0 Å². The molecule has 15 heavy (non-hydrogen) atoms. The second kappa shape index (κ2) is 5.58. The molecule has 0 unspecified atom stereocenters. The summed E-state index contributed by atoms with van der Waals surface area (Å²) in [7, 11) is 1.97. The average Bonchev–Trinajstić information content (AvgIpc) is 2.18. The lowest BCUT2D eigenvalue weighted by Gasteiger charge is -2.19. The molecular formula is C11H19N3O. The van der Waals surface area contributed by atoms with Gasteiger partial charge in [-0.05, 0) is 38.1 Å². The molecule has 0 fully saturated rings. The van der Waals surface area contributed by atoms with Gasteiger partial charge in [0.05, 0.1) is 12.8 Å². The Morgan fingerprint density at radius 3 is 2.40 bits per heavy atom. The number of ether oxygens (including phenoxy) is 1. The summed E-state index contributed by atoms with van der Waals surface area (Å²) in [5.74, 6) is 6.14. The number of hydrogen-bond donors (Lipinski definition) is 2. The molecule has 1 aromatic carbocycles. The van der Waals surface area contributed by atoms with Crippen molar-refractivity contribution < 1.29 is 4.74 Å². The van der Waals surface area contributed by atoms with Crippen molar-refractivity contribution in [1.82, 2.24) is 5.43 Å². The Bertz CT molecular complexity index is 284. The van der Waals surface area contributed by atoms with Crippen LogP contribution in [-0.2, 0) is 0 Å². The van der Waals surface area contributed by atoms with Crippen molar-refractivity contribution >= 4 is 5.69 Å². The number of nitrogens with one attached hydrogen (secondary N) is 1. The first kappa shape index (κ1) is 11.8. The first-order chi connectivity index (χ1) is 7.13. The standard InChI is InChI=1S/C11H19N3O/c1-9(2)15-11-6-4-10(5-7-11)14(3)8-13-12/h4-7,9,13H,8,12H2,1-3H3. The highest BCUT2D eigenvalue weighted by atomic mass is 16.5. The van der Waals surface area contributed by atoms with Crippen LogP contribution in [0.25, 0.3) is 0 Å². The van der Waals surface area contributed by atoms with Gasteiger partial charge in [0.2, 0.25) is 0 Å². The number of nitrogens with two attached hydrogens (primary N) is 1. The summed E-state index contributed by atoms with van der Waals surface area (Å²) in [6, 6.07) is 7.94. The second-order valence-electron chi connectivity index (χ2n) is 3.72. The number of anilines is 1. The van der Waals surface area contributed by atoms with Gasteiger partial charge in [-0.25, -0.2) is 5.43 Å². The van der Waals surface area contributed by atoms with Crippen molar-refractivity contribution in [3.63, 3.8) is 0 Å². The third-order valence-electron chi connectivity index (χ3n) is 1.98. The van der Waals surface area contributed by atoms with Crippen LogP contribution in [-0.4, -0.2) is 19.8 Å². The van der Waals surface area contributed by atoms with E-state index in [2.05, 4.69) is 5.43 Å². The molecule has 0 aliphatic carbocycles. The van der Waals surface area contributed by atoms with Crippen molar-refractivity contribution in [3.8, 4) is 5.75 Å². The molecule has 0 saturated heterocycles. The van der Waals surface area contributed by atoms with E-state index >= 15 is 0 Å². The Balaban J connectivity index is 2.63. The molecule has 0 amide bonds. The smallest absolute Gasteiger partial charge is 0.119 e. The molecule has 84 valence electrons. The van der Waals surface area contributed by atoms with Gasteiger partial charge >= 0.3 is 0 Å². The molecule has 0 aliphatic rings. The van der Waals surface area contributed by atoms with E-state index in [-0.39, 0.29) is 6.10 Å². The lowest BCUT2D eigenvalue weighted by atomic mass is 10.3. The SMILES string of the molecule is CC(C)Oc1ccc(N(C)CNN)cc1. The lowest BCUT2D eigenvalue weighted by molar-refractivity contribution is 0.242. The Morgan fingerprint density at radius 2 is 1.93 bits per heavy atom. The van der Waals surface area contributed by atoms with Gasteiger partial charge in [-0.1, -0.05) is 0 Å². The van der Waals surface area contributed by atoms with E-state index in [1.54, 1.807) is 0 Å². The predicted octanol–water partition coefficient (Wildman–Crippen LogP) is 1.33. The van der Waals surface area contributed by atoms with Crippen LogP contribution in [0.4, 0.5) is 5.69 Å². The van der Waals surface area contributed by atoms with Gasteiger partial charge in [0.25, 0.3) is 0 Å². The Kier molecular flexibility index (Phi) is 4.39. The summed E-state index contributed by atoms with van der Waals surface area (Å²) in [4.78, 5) is 2.01. The molecule has 0 saturated carbocycles. The molecule has 4 heteroatoms. The Hall–Kier alpha value is -1.26. The zero-order chi connectivity index (χ0) is 11.3. The van der Waals surface area contributed by atoms with Crippen LogP contribution >= 0.6 is 0 Å². The molecule has 0 atom stereocenters. The minimum atomic E-state index is 0.208. The molecule has 0 spiro atoms. The fraction of sp³-hybridized carbons (Fsp3) is 0.455. The molecular weight excluding hydrogens is 190 g/mol. The van der Waals surface area contributed by atoms with Gasteiger partial charge in [0.15, 0.2) is 0 Å². The van der Waals surface area contributed by atoms with Gasteiger partial charge < -0.3 is 9.64 Å². The number of nitrogens with zero attached hydrogens (tertiary/aromatic N) is 1. The molecule has 3 N–H and O–H groups in total. The van der Waals surface area contributed by atoms with E-state index in [4.69, 9.17) is 10.6 Å². The van der Waals surface area contributed by atoms with Gasteiger partial charge in [-0.15, -0.1) is 0 Å². The zero-order valence-corrected chi connectivity index (χ0v) is 9.53. The highest BCUT2D eigenvalue weighted by Gasteiger charge is 2.01. The summed E-state index contributed by atoms with van der Waals surface area (Å²) < 4.78 is 5.55. The first-order valence-electron chi connectivity index (χ1n) is 5.05. The Morgan fingerprint density at radius 1 is 1.33 bits per heavy atom. The van der Waals surface area contributed by atoms with Crippen LogP contribution in [0.15, 0.2) is 24.3 Å². The third kappa shape index (κ3) is 3.77. The Labute approximate surface area is 91.0 Å². The molecule has 0 radical (unpaired) electrons. The lowest BCUT2D eigenvalue weighted by Crippen LogP contribution is -2.35. The van der Waals surface area contributed by atoms with Crippen LogP contribution in [0.5, 0.6) is 5.75 Å². The molecule has 0 aliphatic heterocycles. The van der Waals surface area contributed by atoms with Crippen LogP contribution < -0.4 is 20.9 Å². The summed E-state index contributed by atoms with van der Waals surface area (Å²) in [6.45, 7) is 4.64. The van der Waals surface area contributed by atoms with Crippen molar-refractivity contribution in [2.75, 3.05) is 18.6 Å². The zero-order valence-electron chi connectivity index (χ0n) is 9.53. The van der Waals surface area contributed by atoms with Gasteiger partial charge in [-0.3, -0.25) is 5.84 Å². The fourth-order valence-electron chi connectivity index (χ4n) is 1.28. The maximum Gasteiger partial charge on any atom is 0.119 e. The normalized spacial score (nSPS) is 10.5. The minimum absolute atomic E-state index is 0.208. The maximum absolute atomic E-state index is 5.55. The van der Waals surface area contributed by atoms with E-state index in [9.17, 15) is 0 Å². The number of rotatable bonds is 5. The van der Waals surface area contributed by atoms with E-state index in [1.807, 2.05) is 50.1 Å². The summed E-state index contributed by atoms with van der Waals surface area (Å²) in [5.41, 5.74) is 3.71. The summed E-state index contributed by atoms with van der Waals surface area (Å²) >= 11 is 0. The van der Waals surface area contributed by atoms with Gasteiger partial charge in [0, 0.05) is 12.7 Å². The van der Waals surface area contributed by atoms with Crippen molar-refractivity contribution in [1.29, 1.82) is 0 Å². The van der Waals surface area contributed by atoms with Crippen LogP contribution in [0, 0.1) is 0 Å². The first-order valence-corrected chi connectivity index (χ1v) is 5.05. The number of hydrazine groups is 1. The monoisotopic (exact) mass is 209 g/mol. The van der Waals surface area contributed by atoms with Crippen molar-refractivity contribution in [2.24, 2.45) is 5.84 Å². The van der Waals surface area contributed by atoms with Crippen LogP contribution in [0.1, 0.15) is 13.8 Å². The van der Waals surface area contributed by atoms with E-state index < -0.39 is 0 Å². The van der Waals surface area contributed by atoms with Gasteiger partial charge in [0.1, 0.15) is 5.75 Å².